The molecule has 0 saturated heterocycles. The van der Waals surface area contributed by atoms with Crippen molar-refractivity contribution >= 4 is 0 Å². The van der Waals surface area contributed by atoms with Crippen LogP contribution < -0.4 is 5.73 Å². The molecule has 2 rings (SSSR count). The maximum Gasteiger partial charge on any atom is 0.0858 e. The minimum absolute atomic E-state index is 0.109. The van der Waals surface area contributed by atoms with E-state index in [1.165, 1.54) is 24.0 Å². The molecular weight excluding hydrogens is 234 g/mol. The molecule has 1 aromatic carbocycles. The molecule has 0 spiro atoms. The first-order chi connectivity index (χ1) is 9.02. The molecule has 1 aliphatic rings. The Morgan fingerprint density at radius 3 is 2.63 bits per heavy atom. The van der Waals surface area contributed by atoms with Gasteiger partial charge in [-0.3, -0.25) is 0 Å². The normalized spacial score (nSPS) is 28.6. The van der Waals surface area contributed by atoms with Crippen molar-refractivity contribution in [3.63, 3.8) is 0 Å². The summed E-state index contributed by atoms with van der Waals surface area (Å²) in [6.07, 6.45) is 4.09. The molecule has 0 aromatic heterocycles. The summed E-state index contributed by atoms with van der Waals surface area (Å²) in [5.41, 5.74) is 9.47. The van der Waals surface area contributed by atoms with Crippen LogP contribution in [0.5, 0.6) is 0 Å². The molecule has 0 heterocycles. The molecule has 3 N–H and O–H groups in total. The van der Waals surface area contributed by atoms with E-state index in [0.29, 0.717) is 6.54 Å². The zero-order chi connectivity index (χ0) is 14.0. The highest BCUT2D eigenvalue weighted by Gasteiger charge is 2.43. The van der Waals surface area contributed by atoms with Gasteiger partial charge in [-0.05, 0) is 55.7 Å². The Bertz CT molecular complexity index is 443. The third-order valence-electron chi connectivity index (χ3n) is 5.16. The Balaban J connectivity index is 2.25. The van der Waals surface area contributed by atoms with Crippen molar-refractivity contribution in [3.05, 3.63) is 34.9 Å². The van der Waals surface area contributed by atoms with Crippen molar-refractivity contribution in [2.75, 3.05) is 6.54 Å². The molecule has 2 heteroatoms. The second-order valence-electron chi connectivity index (χ2n) is 6.33. The molecule has 0 amide bonds. The summed E-state index contributed by atoms with van der Waals surface area (Å²) in [5.74, 6) is 0.727. The summed E-state index contributed by atoms with van der Waals surface area (Å²) in [5, 5.41) is 10.8. The van der Waals surface area contributed by atoms with E-state index in [1.54, 1.807) is 0 Å². The van der Waals surface area contributed by atoms with Crippen molar-refractivity contribution in [1.29, 1.82) is 0 Å². The highest BCUT2D eigenvalue weighted by atomic mass is 16.3. The lowest BCUT2D eigenvalue weighted by Crippen LogP contribution is -2.34. The predicted octanol–water partition coefficient (Wildman–Crippen LogP) is 3.49. The first-order valence-electron chi connectivity index (χ1n) is 7.47. The number of hydrogen-bond acceptors (Lipinski definition) is 2. The van der Waals surface area contributed by atoms with Crippen molar-refractivity contribution < 1.29 is 5.11 Å². The van der Waals surface area contributed by atoms with Gasteiger partial charge in [0.1, 0.15) is 0 Å². The van der Waals surface area contributed by atoms with Crippen LogP contribution in [0.4, 0.5) is 0 Å². The van der Waals surface area contributed by atoms with E-state index >= 15 is 0 Å². The van der Waals surface area contributed by atoms with Crippen LogP contribution in [-0.4, -0.2) is 11.7 Å². The standard InChI is InChI=1S/C17H27NO/c1-4-14-7-8-17(10-14,11-18)16(19)15-6-5-12(2)13(3)9-15/h5-6,9,14,16,19H,4,7-8,10-11,18H2,1-3H3. The summed E-state index contributed by atoms with van der Waals surface area (Å²) in [4.78, 5) is 0. The molecule has 2 nitrogen and oxygen atoms in total. The molecule has 3 atom stereocenters. The second-order valence-corrected chi connectivity index (χ2v) is 6.33. The first-order valence-corrected chi connectivity index (χ1v) is 7.47. The van der Waals surface area contributed by atoms with Crippen molar-refractivity contribution in [1.82, 2.24) is 0 Å². The number of aryl methyl sites for hydroxylation is 2. The van der Waals surface area contributed by atoms with Gasteiger partial charge in [-0.1, -0.05) is 31.5 Å². The maximum absolute atomic E-state index is 10.8. The van der Waals surface area contributed by atoms with Gasteiger partial charge in [0.2, 0.25) is 0 Å². The predicted molar refractivity (Wildman–Crippen MR) is 80.0 cm³/mol. The van der Waals surface area contributed by atoms with Crippen LogP contribution in [0.25, 0.3) is 0 Å². The van der Waals surface area contributed by atoms with E-state index in [0.717, 1.165) is 24.3 Å². The van der Waals surface area contributed by atoms with E-state index in [-0.39, 0.29) is 5.41 Å². The maximum atomic E-state index is 10.8. The van der Waals surface area contributed by atoms with Gasteiger partial charge in [-0.15, -0.1) is 0 Å². The monoisotopic (exact) mass is 261 g/mol. The Morgan fingerprint density at radius 2 is 2.11 bits per heavy atom. The molecule has 3 unspecified atom stereocenters. The van der Waals surface area contributed by atoms with Gasteiger partial charge < -0.3 is 10.8 Å². The molecule has 1 aromatic rings. The van der Waals surface area contributed by atoms with Gasteiger partial charge in [-0.25, -0.2) is 0 Å². The minimum atomic E-state index is -0.423. The Kier molecular flexibility index (Phi) is 4.32. The molecule has 1 fully saturated rings. The van der Waals surface area contributed by atoms with Gasteiger partial charge >= 0.3 is 0 Å². The molecule has 106 valence electrons. The van der Waals surface area contributed by atoms with Gasteiger partial charge in [-0.2, -0.15) is 0 Å². The highest BCUT2D eigenvalue weighted by Crippen LogP contribution is 2.50. The van der Waals surface area contributed by atoms with Crippen LogP contribution >= 0.6 is 0 Å². The third kappa shape index (κ3) is 2.70. The SMILES string of the molecule is CCC1CCC(CN)(C(O)c2ccc(C)c(C)c2)C1. The van der Waals surface area contributed by atoms with Gasteiger partial charge in [0.15, 0.2) is 0 Å². The summed E-state index contributed by atoms with van der Waals surface area (Å²) in [6, 6.07) is 6.28. The molecule has 1 saturated carbocycles. The zero-order valence-corrected chi connectivity index (χ0v) is 12.4. The van der Waals surface area contributed by atoms with Crippen molar-refractivity contribution in [2.45, 2.75) is 52.6 Å². The summed E-state index contributed by atoms with van der Waals surface area (Å²) >= 11 is 0. The molecule has 19 heavy (non-hydrogen) atoms. The van der Waals surface area contributed by atoms with E-state index in [4.69, 9.17) is 5.73 Å². The largest absolute Gasteiger partial charge is 0.388 e. The van der Waals surface area contributed by atoms with Crippen LogP contribution in [0.3, 0.4) is 0 Å². The zero-order valence-electron chi connectivity index (χ0n) is 12.4. The third-order valence-corrected chi connectivity index (χ3v) is 5.16. The lowest BCUT2D eigenvalue weighted by atomic mass is 9.76. The minimum Gasteiger partial charge on any atom is -0.388 e. The fourth-order valence-electron chi connectivity index (χ4n) is 3.45. The summed E-state index contributed by atoms with van der Waals surface area (Å²) in [7, 11) is 0. The van der Waals surface area contributed by atoms with Crippen LogP contribution in [0.1, 0.15) is 55.4 Å². The van der Waals surface area contributed by atoms with Gasteiger partial charge in [0.25, 0.3) is 0 Å². The summed E-state index contributed by atoms with van der Waals surface area (Å²) < 4.78 is 0. The van der Waals surface area contributed by atoms with Gasteiger partial charge in [0, 0.05) is 12.0 Å². The van der Waals surface area contributed by atoms with Crippen LogP contribution in [-0.2, 0) is 0 Å². The van der Waals surface area contributed by atoms with Crippen molar-refractivity contribution in [2.24, 2.45) is 17.1 Å². The number of nitrogens with two attached hydrogens (primary N) is 1. The number of rotatable bonds is 4. The quantitative estimate of drug-likeness (QED) is 0.871. The molecular formula is C17H27NO. The molecule has 1 aliphatic carbocycles. The smallest absolute Gasteiger partial charge is 0.0858 e. The highest BCUT2D eigenvalue weighted by molar-refractivity contribution is 5.32. The topological polar surface area (TPSA) is 46.2 Å². The molecule has 0 aliphatic heterocycles. The van der Waals surface area contributed by atoms with Crippen LogP contribution in [0, 0.1) is 25.2 Å². The van der Waals surface area contributed by atoms with E-state index in [1.807, 2.05) is 0 Å². The second kappa shape index (κ2) is 5.64. The average molecular weight is 261 g/mol. The van der Waals surface area contributed by atoms with Gasteiger partial charge in [0.05, 0.1) is 6.10 Å². The Labute approximate surface area is 117 Å². The fourth-order valence-corrected chi connectivity index (χ4v) is 3.45. The number of benzene rings is 1. The van der Waals surface area contributed by atoms with E-state index in [9.17, 15) is 5.11 Å². The Morgan fingerprint density at radius 1 is 1.37 bits per heavy atom. The van der Waals surface area contributed by atoms with Crippen LogP contribution in [0.15, 0.2) is 18.2 Å². The Hall–Kier alpha value is -0.860. The lowest BCUT2D eigenvalue weighted by Gasteiger charge is -2.34. The lowest BCUT2D eigenvalue weighted by molar-refractivity contribution is 0.0301. The van der Waals surface area contributed by atoms with E-state index in [2.05, 4.69) is 39.0 Å². The first kappa shape index (κ1) is 14.5. The number of aliphatic hydroxyl groups excluding tert-OH is 1. The van der Waals surface area contributed by atoms with E-state index < -0.39 is 6.10 Å². The average Bonchev–Trinajstić information content (AvgIpc) is 2.86. The number of aliphatic hydroxyl groups is 1. The number of hydrogen-bond donors (Lipinski definition) is 2. The van der Waals surface area contributed by atoms with Crippen molar-refractivity contribution in [3.8, 4) is 0 Å². The summed E-state index contributed by atoms with van der Waals surface area (Å²) in [6.45, 7) is 7.02. The van der Waals surface area contributed by atoms with Crippen LogP contribution in [0.2, 0.25) is 0 Å². The molecule has 0 bridgehead atoms. The fraction of sp³-hybridized carbons (Fsp3) is 0.647. The molecule has 0 radical (unpaired) electrons.